The van der Waals surface area contributed by atoms with Crippen LogP contribution in [-0.4, -0.2) is 39.7 Å². The summed E-state index contributed by atoms with van der Waals surface area (Å²) in [5.41, 5.74) is 3.21. The predicted octanol–water partition coefficient (Wildman–Crippen LogP) is 3.24. The van der Waals surface area contributed by atoms with Crippen LogP contribution in [0.4, 0.5) is 4.39 Å². The van der Waals surface area contributed by atoms with Crippen LogP contribution in [0.1, 0.15) is 55.5 Å². The number of aromatic nitrogens is 1. The third kappa shape index (κ3) is 3.81. The lowest BCUT2D eigenvalue weighted by molar-refractivity contribution is -0.127. The second-order valence-corrected chi connectivity index (χ2v) is 9.62. The van der Waals surface area contributed by atoms with Crippen molar-refractivity contribution < 1.29 is 14.3 Å². The maximum absolute atomic E-state index is 14.6. The summed E-state index contributed by atoms with van der Waals surface area (Å²) in [5.74, 6) is -0.936. The Morgan fingerprint density at radius 1 is 1.21 bits per heavy atom. The van der Waals surface area contributed by atoms with E-state index in [0.717, 1.165) is 42.5 Å². The minimum Gasteiger partial charge on any atom is -0.396 e. The average molecular weight is 466 g/mol. The number of aliphatic hydroxyl groups is 1. The van der Waals surface area contributed by atoms with Crippen molar-refractivity contribution in [2.75, 3.05) is 13.2 Å². The molecular weight excluding hydrogens is 433 g/mol. The second kappa shape index (κ2) is 9.47. The lowest BCUT2D eigenvalue weighted by Gasteiger charge is -2.31. The van der Waals surface area contributed by atoms with Crippen LogP contribution in [0.3, 0.4) is 0 Å². The van der Waals surface area contributed by atoms with Crippen LogP contribution in [0.25, 0.3) is 5.57 Å². The highest BCUT2D eigenvalue weighted by Gasteiger charge is 2.55. The summed E-state index contributed by atoms with van der Waals surface area (Å²) in [4.78, 5) is 28.7. The third-order valence-electron chi connectivity index (χ3n) is 7.76. The molecule has 34 heavy (non-hydrogen) atoms. The van der Waals surface area contributed by atoms with Gasteiger partial charge in [-0.25, -0.2) is 4.39 Å². The van der Waals surface area contributed by atoms with Crippen LogP contribution in [0, 0.1) is 17.7 Å². The highest BCUT2D eigenvalue weighted by Crippen LogP contribution is 2.50. The molecule has 0 spiro atoms. The van der Waals surface area contributed by atoms with Crippen LogP contribution in [-0.2, 0) is 17.9 Å². The molecule has 1 aromatic heterocycles. The van der Waals surface area contributed by atoms with Gasteiger partial charge in [0.05, 0.1) is 12.1 Å². The van der Waals surface area contributed by atoms with Gasteiger partial charge in [0, 0.05) is 54.9 Å². The van der Waals surface area contributed by atoms with Gasteiger partial charge in [0.1, 0.15) is 5.82 Å². The van der Waals surface area contributed by atoms with Gasteiger partial charge in [-0.3, -0.25) is 14.5 Å². The SMILES string of the molecule is CCNC(=O)[C@@H]1[C@@H](CO)[C@@H]2Cn3c(ccc(C4=CCCCC4)c3=O)[C@@H]2N1Cc1ccccc1F. The number of likely N-dealkylation sites (tertiary alicyclic amines) is 1. The molecule has 5 rings (SSSR count). The maximum atomic E-state index is 14.6. The zero-order chi connectivity index (χ0) is 23.8. The van der Waals surface area contributed by atoms with Gasteiger partial charge in [-0.2, -0.15) is 0 Å². The van der Waals surface area contributed by atoms with Crippen molar-refractivity contribution in [1.82, 2.24) is 14.8 Å². The fourth-order valence-corrected chi connectivity index (χ4v) is 6.21. The number of amides is 1. The van der Waals surface area contributed by atoms with Crippen molar-refractivity contribution in [2.24, 2.45) is 11.8 Å². The Hall–Kier alpha value is -2.77. The Balaban J connectivity index is 1.58. The topological polar surface area (TPSA) is 74.6 Å². The van der Waals surface area contributed by atoms with Crippen LogP contribution < -0.4 is 10.9 Å². The van der Waals surface area contributed by atoms with Crippen molar-refractivity contribution in [3.05, 3.63) is 75.5 Å². The molecule has 6 nitrogen and oxygen atoms in total. The van der Waals surface area contributed by atoms with E-state index in [1.165, 1.54) is 6.07 Å². The van der Waals surface area contributed by atoms with E-state index in [0.29, 0.717) is 18.7 Å². The van der Waals surface area contributed by atoms with E-state index < -0.39 is 6.04 Å². The number of carbonyl (C=O) groups is 1. The maximum Gasteiger partial charge on any atom is 0.258 e. The first kappa shape index (κ1) is 23.0. The van der Waals surface area contributed by atoms with Gasteiger partial charge in [0.15, 0.2) is 0 Å². The average Bonchev–Trinajstić information content (AvgIpc) is 3.37. The number of halogens is 1. The van der Waals surface area contributed by atoms with Crippen molar-refractivity contribution >= 4 is 11.5 Å². The van der Waals surface area contributed by atoms with Crippen molar-refractivity contribution in [2.45, 2.75) is 57.8 Å². The molecule has 180 valence electrons. The minimum atomic E-state index is -0.593. The lowest BCUT2D eigenvalue weighted by atomic mass is 9.88. The van der Waals surface area contributed by atoms with Gasteiger partial charge >= 0.3 is 0 Å². The molecular formula is C27H32FN3O3. The standard InChI is InChI=1S/C27H32FN3O3/c1-2-29-26(33)25-21(16-32)20-15-30-23(13-12-19(27(30)34)17-8-4-3-5-9-17)24(20)31(25)14-18-10-6-7-11-22(18)28/h6-8,10-13,20-21,24-25,32H,2-5,9,14-16H2,1H3,(H,29,33)/t20-,21-,24+,25-/m0/s1. The fraction of sp³-hybridized carbons (Fsp3) is 0.481. The molecule has 1 aromatic carbocycles. The number of fused-ring (bicyclic) bond motifs is 3. The van der Waals surface area contributed by atoms with E-state index in [1.807, 2.05) is 28.5 Å². The molecule has 2 N–H and O–H groups in total. The molecule has 2 aliphatic heterocycles. The van der Waals surface area contributed by atoms with Crippen LogP contribution in [0.2, 0.25) is 0 Å². The zero-order valence-electron chi connectivity index (χ0n) is 19.5. The molecule has 0 radical (unpaired) electrons. The van der Waals surface area contributed by atoms with Gasteiger partial charge in [-0.05, 0) is 56.4 Å². The first-order valence-corrected chi connectivity index (χ1v) is 12.4. The van der Waals surface area contributed by atoms with E-state index >= 15 is 0 Å². The summed E-state index contributed by atoms with van der Waals surface area (Å²) >= 11 is 0. The van der Waals surface area contributed by atoms with Crippen LogP contribution >= 0.6 is 0 Å². The Kier molecular flexibility index (Phi) is 6.40. The molecule has 3 heterocycles. The Labute approximate surface area is 199 Å². The summed E-state index contributed by atoms with van der Waals surface area (Å²) in [7, 11) is 0. The molecule has 0 unspecified atom stereocenters. The van der Waals surface area contributed by atoms with Gasteiger partial charge in [-0.15, -0.1) is 0 Å². The Bertz CT molecular complexity index is 1170. The summed E-state index contributed by atoms with van der Waals surface area (Å²) in [6.45, 7) is 2.85. The van der Waals surface area contributed by atoms with E-state index in [2.05, 4.69) is 11.4 Å². The van der Waals surface area contributed by atoms with Crippen LogP contribution in [0.5, 0.6) is 0 Å². The molecule has 7 heteroatoms. The minimum absolute atomic E-state index is 0.00265. The third-order valence-corrected chi connectivity index (χ3v) is 7.76. The van der Waals surface area contributed by atoms with Crippen molar-refractivity contribution in [3.63, 3.8) is 0 Å². The van der Waals surface area contributed by atoms with Gasteiger partial charge < -0.3 is 15.0 Å². The number of rotatable bonds is 6. The quantitative estimate of drug-likeness (QED) is 0.687. The number of hydrogen-bond acceptors (Lipinski definition) is 4. The molecule has 3 aliphatic rings. The number of hydrogen-bond donors (Lipinski definition) is 2. The number of nitrogens with zero attached hydrogens (tertiary/aromatic N) is 2. The first-order chi connectivity index (χ1) is 16.5. The Morgan fingerprint density at radius 2 is 2.03 bits per heavy atom. The molecule has 0 saturated carbocycles. The number of likely N-dealkylation sites (N-methyl/N-ethyl adjacent to an activating group) is 1. The molecule has 1 saturated heterocycles. The largest absolute Gasteiger partial charge is 0.396 e. The predicted molar refractivity (Wildman–Crippen MR) is 128 cm³/mol. The van der Waals surface area contributed by atoms with E-state index in [9.17, 15) is 19.1 Å². The number of allylic oxidation sites excluding steroid dienone is 2. The zero-order valence-corrected chi connectivity index (χ0v) is 19.5. The monoisotopic (exact) mass is 465 g/mol. The molecule has 1 amide bonds. The van der Waals surface area contributed by atoms with E-state index in [-0.39, 0.29) is 48.3 Å². The summed E-state index contributed by atoms with van der Waals surface area (Å²) in [5, 5.41) is 13.3. The van der Waals surface area contributed by atoms with Crippen LogP contribution in [0.15, 0.2) is 47.3 Å². The number of benzene rings is 1. The number of nitrogens with one attached hydrogen (secondary N) is 1. The molecule has 1 aliphatic carbocycles. The normalized spacial score (nSPS) is 26.1. The van der Waals surface area contributed by atoms with Crippen molar-refractivity contribution in [1.29, 1.82) is 0 Å². The molecule has 0 bridgehead atoms. The summed E-state index contributed by atoms with van der Waals surface area (Å²) in [6, 6.07) is 9.66. The summed E-state index contributed by atoms with van der Waals surface area (Å²) < 4.78 is 16.4. The van der Waals surface area contributed by atoms with Gasteiger partial charge in [0.25, 0.3) is 5.56 Å². The first-order valence-electron chi connectivity index (χ1n) is 12.4. The van der Waals surface area contributed by atoms with E-state index in [1.54, 1.807) is 18.2 Å². The smallest absolute Gasteiger partial charge is 0.258 e. The fourth-order valence-electron chi connectivity index (χ4n) is 6.21. The molecule has 1 fully saturated rings. The highest BCUT2D eigenvalue weighted by atomic mass is 19.1. The lowest BCUT2D eigenvalue weighted by Crippen LogP contribution is -2.48. The highest BCUT2D eigenvalue weighted by molar-refractivity contribution is 5.82. The Morgan fingerprint density at radius 3 is 2.74 bits per heavy atom. The number of aliphatic hydroxyl groups excluding tert-OH is 1. The number of pyridine rings is 1. The molecule has 2 aromatic rings. The van der Waals surface area contributed by atoms with Gasteiger partial charge in [-0.1, -0.05) is 24.3 Å². The second-order valence-electron chi connectivity index (χ2n) is 9.62. The molecule has 4 atom stereocenters. The van der Waals surface area contributed by atoms with Gasteiger partial charge in [0.2, 0.25) is 5.91 Å². The summed E-state index contributed by atoms with van der Waals surface area (Å²) in [6.07, 6.45) is 6.34. The van der Waals surface area contributed by atoms with Crippen molar-refractivity contribution in [3.8, 4) is 0 Å². The van der Waals surface area contributed by atoms with E-state index in [4.69, 9.17) is 0 Å². The number of carbonyl (C=O) groups excluding carboxylic acids is 1.